The minimum absolute atomic E-state index is 0.220. The highest BCUT2D eigenvalue weighted by atomic mass is 16.5. The summed E-state index contributed by atoms with van der Waals surface area (Å²) in [5.41, 5.74) is 2.85. The van der Waals surface area contributed by atoms with Gasteiger partial charge >= 0.3 is 6.09 Å². The van der Waals surface area contributed by atoms with Gasteiger partial charge in [-0.3, -0.25) is 0 Å². The monoisotopic (exact) mass is 382 g/mol. The first-order valence-corrected chi connectivity index (χ1v) is 9.58. The Morgan fingerprint density at radius 3 is 2.82 bits per heavy atom. The zero-order chi connectivity index (χ0) is 19.6. The van der Waals surface area contributed by atoms with Crippen LogP contribution in [-0.4, -0.2) is 41.8 Å². The number of ether oxygens (including phenoxy) is 2. The minimum atomic E-state index is -0.466. The topological polar surface area (TPSA) is 85.4 Å². The third-order valence-electron chi connectivity index (χ3n) is 4.45. The van der Waals surface area contributed by atoms with Crippen molar-refractivity contribution >= 4 is 11.7 Å². The molecule has 1 aliphatic heterocycles. The van der Waals surface area contributed by atoms with E-state index in [1.165, 1.54) is 0 Å². The standard InChI is InChI=1S/C21H26N4O3/c1-2-18(14-25-21(26)27-15-16-6-4-3-5-7-16)28-20-19(23-12-13-24-20)17-8-10-22-11-9-17/h3-8,12-13,18,22H,2,9-11,14-15H2,1H3,(H,25,26). The van der Waals surface area contributed by atoms with Gasteiger partial charge in [0.15, 0.2) is 0 Å². The second-order valence-corrected chi connectivity index (χ2v) is 6.48. The molecule has 0 saturated heterocycles. The molecule has 2 aromatic rings. The lowest BCUT2D eigenvalue weighted by atomic mass is 10.1. The molecule has 0 fully saturated rings. The molecule has 0 spiro atoms. The Balaban J connectivity index is 1.53. The third kappa shape index (κ3) is 5.79. The Hall–Kier alpha value is -2.93. The fraction of sp³-hybridized carbons (Fsp3) is 0.381. The maximum absolute atomic E-state index is 12.0. The van der Waals surface area contributed by atoms with Gasteiger partial charge < -0.3 is 20.1 Å². The van der Waals surface area contributed by atoms with E-state index in [-0.39, 0.29) is 12.7 Å². The van der Waals surface area contributed by atoms with E-state index in [1.807, 2.05) is 37.3 Å². The van der Waals surface area contributed by atoms with Gasteiger partial charge in [-0.1, -0.05) is 43.3 Å². The van der Waals surface area contributed by atoms with Gasteiger partial charge in [0, 0.05) is 18.9 Å². The summed E-state index contributed by atoms with van der Waals surface area (Å²) in [5, 5.41) is 6.05. The van der Waals surface area contributed by atoms with Gasteiger partial charge in [0.1, 0.15) is 18.4 Å². The number of nitrogens with zero attached hydrogens (tertiary/aromatic N) is 2. The number of carbonyl (C=O) groups is 1. The molecule has 2 N–H and O–H groups in total. The number of carbonyl (C=O) groups excluding carboxylic acids is 1. The molecule has 0 aliphatic carbocycles. The van der Waals surface area contributed by atoms with Gasteiger partial charge in [-0.2, -0.15) is 0 Å². The summed E-state index contributed by atoms with van der Waals surface area (Å²) in [4.78, 5) is 20.8. The molecule has 1 aliphatic rings. The second kappa shape index (κ2) is 10.4. The summed E-state index contributed by atoms with van der Waals surface area (Å²) in [6.45, 7) is 4.30. The summed E-state index contributed by atoms with van der Waals surface area (Å²) in [6, 6.07) is 9.57. The van der Waals surface area contributed by atoms with Crippen molar-refractivity contribution in [3.8, 4) is 5.88 Å². The molecule has 2 heterocycles. The average Bonchev–Trinajstić information content (AvgIpc) is 2.76. The SMILES string of the molecule is CCC(CNC(=O)OCc1ccccc1)Oc1nccnc1C1=CCNCC1. The molecule has 1 unspecified atom stereocenters. The molecule has 0 bridgehead atoms. The Labute approximate surface area is 165 Å². The lowest BCUT2D eigenvalue weighted by Gasteiger charge is -2.20. The molecule has 28 heavy (non-hydrogen) atoms. The van der Waals surface area contributed by atoms with Crippen LogP contribution >= 0.6 is 0 Å². The van der Waals surface area contributed by atoms with Crippen LogP contribution < -0.4 is 15.4 Å². The quantitative estimate of drug-likeness (QED) is 0.730. The minimum Gasteiger partial charge on any atom is -0.471 e. The van der Waals surface area contributed by atoms with Crippen LogP contribution in [0.3, 0.4) is 0 Å². The number of nitrogens with one attached hydrogen (secondary N) is 2. The van der Waals surface area contributed by atoms with Gasteiger partial charge in [0.2, 0.25) is 5.88 Å². The highest BCUT2D eigenvalue weighted by Crippen LogP contribution is 2.25. The van der Waals surface area contributed by atoms with Crippen LogP contribution in [0.25, 0.3) is 5.57 Å². The highest BCUT2D eigenvalue weighted by Gasteiger charge is 2.18. The first-order chi connectivity index (χ1) is 13.8. The van der Waals surface area contributed by atoms with Crippen molar-refractivity contribution in [2.75, 3.05) is 19.6 Å². The maximum atomic E-state index is 12.0. The van der Waals surface area contributed by atoms with Crippen molar-refractivity contribution < 1.29 is 14.3 Å². The smallest absolute Gasteiger partial charge is 0.407 e. The predicted octanol–water partition coefficient (Wildman–Crippen LogP) is 2.94. The number of rotatable bonds is 8. The number of aromatic nitrogens is 2. The fourth-order valence-electron chi connectivity index (χ4n) is 2.87. The van der Waals surface area contributed by atoms with Crippen LogP contribution in [-0.2, 0) is 11.3 Å². The second-order valence-electron chi connectivity index (χ2n) is 6.48. The number of hydrogen-bond acceptors (Lipinski definition) is 6. The van der Waals surface area contributed by atoms with Crippen molar-refractivity contribution in [2.24, 2.45) is 0 Å². The van der Waals surface area contributed by atoms with E-state index >= 15 is 0 Å². The zero-order valence-electron chi connectivity index (χ0n) is 16.1. The van der Waals surface area contributed by atoms with Crippen molar-refractivity contribution in [1.29, 1.82) is 0 Å². The van der Waals surface area contributed by atoms with Crippen molar-refractivity contribution in [1.82, 2.24) is 20.6 Å². The highest BCUT2D eigenvalue weighted by molar-refractivity contribution is 5.67. The molecule has 0 radical (unpaired) electrons. The number of amides is 1. The predicted molar refractivity (Wildman–Crippen MR) is 107 cm³/mol. The molecule has 3 rings (SSSR count). The van der Waals surface area contributed by atoms with E-state index in [0.29, 0.717) is 12.4 Å². The van der Waals surface area contributed by atoms with E-state index in [9.17, 15) is 4.79 Å². The van der Waals surface area contributed by atoms with Crippen molar-refractivity contribution in [3.63, 3.8) is 0 Å². The van der Waals surface area contributed by atoms with Gasteiger partial charge in [-0.25, -0.2) is 14.8 Å². The molecule has 7 nitrogen and oxygen atoms in total. The fourth-order valence-corrected chi connectivity index (χ4v) is 2.87. The maximum Gasteiger partial charge on any atom is 0.407 e. The number of benzene rings is 1. The molecular weight excluding hydrogens is 356 g/mol. The van der Waals surface area contributed by atoms with E-state index in [0.717, 1.165) is 42.8 Å². The van der Waals surface area contributed by atoms with Gasteiger partial charge in [-0.05, 0) is 30.5 Å². The van der Waals surface area contributed by atoms with E-state index in [4.69, 9.17) is 9.47 Å². The van der Waals surface area contributed by atoms with Gasteiger partial charge in [0.25, 0.3) is 0 Å². The van der Waals surface area contributed by atoms with Crippen molar-refractivity contribution in [2.45, 2.75) is 32.5 Å². The summed E-state index contributed by atoms with van der Waals surface area (Å²) in [6.07, 6.45) is 6.32. The van der Waals surface area contributed by atoms with E-state index in [2.05, 4.69) is 26.7 Å². The molecular formula is C21H26N4O3. The summed E-state index contributed by atoms with van der Waals surface area (Å²) in [7, 11) is 0. The van der Waals surface area contributed by atoms with Crippen LogP contribution in [0, 0.1) is 0 Å². The van der Waals surface area contributed by atoms with Crippen LogP contribution in [0.5, 0.6) is 5.88 Å². The van der Waals surface area contributed by atoms with Crippen LogP contribution in [0.4, 0.5) is 4.79 Å². The third-order valence-corrected chi connectivity index (χ3v) is 4.45. The summed E-state index contributed by atoms with van der Waals surface area (Å²) < 4.78 is 11.3. The van der Waals surface area contributed by atoms with Gasteiger partial charge in [-0.15, -0.1) is 0 Å². The molecule has 1 amide bonds. The lowest BCUT2D eigenvalue weighted by molar-refractivity contribution is 0.128. The Morgan fingerprint density at radius 1 is 1.25 bits per heavy atom. The first-order valence-electron chi connectivity index (χ1n) is 9.58. The summed E-state index contributed by atoms with van der Waals surface area (Å²) >= 11 is 0. The molecule has 1 atom stereocenters. The lowest BCUT2D eigenvalue weighted by Crippen LogP contribution is -2.35. The first kappa shape index (κ1) is 19.8. The Morgan fingerprint density at radius 2 is 2.07 bits per heavy atom. The van der Waals surface area contributed by atoms with Crippen molar-refractivity contribution in [3.05, 3.63) is 60.1 Å². The number of alkyl carbamates (subject to hydrolysis) is 1. The molecule has 1 aromatic heterocycles. The normalized spacial score (nSPS) is 14.7. The average molecular weight is 382 g/mol. The zero-order valence-corrected chi connectivity index (χ0v) is 16.1. The van der Waals surface area contributed by atoms with Crippen LogP contribution in [0.1, 0.15) is 31.0 Å². The van der Waals surface area contributed by atoms with E-state index < -0.39 is 6.09 Å². The van der Waals surface area contributed by atoms with Crippen LogP contribution in [0.15, 0.2) is 48.8 Å². The van der Waals surface area contributed by atoms with E-state index in [1.54, 1.807) is 12.4 Å². The summed E-state index contributed by atoms with van der Waals surface area (Å²) in [5.74, 6) is 0.502. The van der Waals surface area contributed by atoms with Gasteiger partial charge in [0.05, 0.1) is 6.54 Å². The Bertz CT molecular complexity index is 795. The van der Waals surface area contributed by atoms with Crippen LogP contribution in [0.2, 0.25) is 0 Å². The largest absolute Gasteiger partial charge is 0.471 e. The number of hydrogen-bond donors (Lipinski definition) is 2. The Kier molecular flexibility index (Phi) is 7.37. The molecule has 1 aromatic carbocycles. The molecule has 148 valence electrons. The molecule has 0 saturated carbocycles. The molecule has 7 heteroatoms.